The molecule has 8 atom stereocenters. The minimum Gasteiger partial charge on any atom is -0.462 e. The Morgan fingerprint density at radius 2 is 0.667 bits per heavy atom. The van der Waals surface area contributed by atoms with E-state index < -0.39 is 145 Å². The number of nitrogens with two attached hydrogens (primary N) is 1. The molecule has 0 rings (SSSR count). The fourth-order valence-corrected chi connectivity index (χ4v) is 7.03. The molecule has 30 heteroatoms. The standard InChI is InChI=1S/C48H76N6O24/c1-27(55)69-25-37(71-29(3)57)41(73-31(5)59)43(75-33(7)61)45(77-35(9)63)47(67)52-20-18-50-39(65)15-23-54(22-14-12-11-13-17-49)24-16-40(66)51-19-21-53-48(68)46(78-36(10)64)44(76-34(8)62)42(74-32(6)60)38(72-30(4)58)26-70-28(2)56/h37-38,41-46H,11-26,49H2,1-10H3,(H,50,65)(H,51,66)(H,52,67)(H,53,68)/t37-,38-,41+,42+,43+,44+,45+,46+/m0/s1. The molecule has 0 bridgehead atoms. The van der Waals surface area contributed by atoms with Crippen LogP contribution in [-0.4, -0.2) is 203 Å². The maximum atomic E-state index is 13.6. The molecule has 0 aromatic rings. The average molecular weight is 1120 g/mol. The first-order valence-electron chi connectivity index (χ1n) is 24.7. The van der Waals surface area contributed by atoms with Gasteiger partial charge in [-0.15, -0.1) is 0 Å². The molecule has 0 aromatic heterocycles. The normalized spacial score (nSPS) is 13.8. The summed E-state index contributed by atoms with van der Waals surface area (Å²) in [4.78, 5) is 176. The van der Waals surface area contributed by atoms with Crippen LogP contribution < -0.4 is 27.0 Å². The molecule has 0 radical (unpaired) electrons. The summed E-state index contributed by atoms with van der Waals surface area (Å²) in [6.07, 6.45) is -12.0. The van der Waals surface area contributed by atoms with Gasteiger partial charge in [-0.1, -0.05) is 12.8 Å². The maximum absolute atomic E-state index is 13.6. The molecular weight excluding hydrogens is 1040 g/mol. The van der Waals surface area contributed by atoms with Gasteiger partial charge in [0.05, 0.1) is 0 Å². The minimum absolute atomic E-state index is 0.0690. The lowest BCUT2D eigenvalue weighted by Crippen LogP contribution is -2.57. The van der Waals surface area contributed by atoms with E-state index in [2.05, 4.69) is 21.3 Å². The van der Waals surface area contributed by atoms with Gasteiger partial charge >= 0.3 is 59.7 Å². The molecule has 30 nitrogen and oxygen atoms in total. The van der Waals surface area contributed by atoms with E-state index in [9.17, 15) is 67.1 Å². The van der Waals surface area contributed by atoms with Gasteiger partial charge in [-0.3, -0.25) is 67.1 Å². The average Bonchev–Trinajstić information content (AvgIpc) is 3.32. The summed E-state index contributed by atoms with van der Waals surface area (Å²) in [5, 5.41) is 10.1. The summed E-state index contributed by atoms with van der Waals surface area (Å²) in [6, 6.07) is 0. The Morgan fingerprint density at radius 3 is 0.974 bits per heavy atom. The molecule has 0 unspecified atom stereocenters. The Balaban J connectivity index is 5.95. The molecule has 0 fully saturated rings. The van der Waals surface area contributed by atoms with E-state index in [-0.39, 0.29) is 52.1 Å². The number of unbranched alkanes of at least 4 members (excludes halogenated alkanes) is 3. The van der Waals surface area contributed by atoms with Crippen molar-refractivity contribution in [2.75, 3.05) is 65.6 Å². The molecule has 78 heavy (non-hydrogen) atoms. The van der Waals surface area contributed by atoms with Crippen LogP contribution >= 0.6 is 0 Å². The molecule has 4 amide bonds. The topological polar surface area (TPSA) is 409 Å². The van der Waals surface area contributed by atoms with Crippen molar-refractivity contribution < 1.29 is 114 Å². The van der Waals surface area contributed by atoms with Gasteiger partial charge in [0.25, 0.3) is 11.8 Å². The highest BCUT2D eigenvalue weighted by Crippen LogP contribution is 2.22. The van der Waals surface area contributed by atoms with E-state index in [4.69, 9.17) is 53.1 Å². The number of hydrogen-bond donors (Lipinski definition) is 5. The molecule has 0 aliphatic carbocycles. The van der Waals surface area contributed by atoms with Crippen LogP contribution in [0.15, 0.2) is 0 Å². The minimum atomic E-state index is -2.04. The quantitative estimate of drug-likeness (QED) is 0.0245. The molecule has 442 valence electrons. The monoisotopic (exact) mass is 1120 g/mol. The number of esters is 10. The van der Waals surface area contributed by atoms with E-state index in [1.807, 2.05) is 4.90 Å². The predicted octanol–water partition coefficient (Wildman–Crippen LogP) is -2.37. The van der Waals surface area contributed by atoms with E-state index in [0.717, 1.165) is 88.5 Å². The number of carbonyl (C=O) groups excluding carboxylic acids is 14. The van der Waals surface area contributed by atoms with Gasteiger partial charge < -0.3 is 79.3 Å². The second kappa shape index (κ2) is 39.0. The van der Waals surface area contributed by atoms with Gasteiger partial charge in [0.15, 0.2) is 36.6 Å². The van der Waals surface area contributed by atoms with Crippen molar-refractivity contribution >= 4 is 83.3 Å². The van der Waals surface area contributed by atoms with Crippen molar-refractivity contribution in [1.29, 1.82) is 0 Å². The summed E-state index contributed by atoms with van der Waals surface area (Å²) >= 11 is 0. The van der Waals surface area contributed by atoms with Crippen molar-refractivity contribution in [1.82, 2.24) is 26.2 Å². The molecule has 0 saturated heterocycles. The van der Waals surface area contributed by atoms with Crippen molar-refractivity contribution in [3.05, 3.63) is 0 Å². The number of amides is 4. The lowest BCUT2D eigenvalue weighted by Gasteiger charge is -2.34. The number of ether oxygens (including phenoxy) is 10. The van der Waals surface area contributed by atoms with Gasteiger partial charge in [-0.2, -0.15) is 0 Å². The molecule has 6 N–H and O–H groups in total. The van der Waals surface area contributed by atoms with Gasteiger partial charge in [0, 0.05) is 121 Å². The van der Waals surface area contributed by atoms with E-state index in [1.54, 1.807) is 0 Å². The van der Waals surface area contributed by atoms with Crippen LogP contribution in [0.4, 0.5) is 0 Å². The van der Waals surface area contributed by atoms with Crippen LogP contribution in [0.2, 0.25) is 0 Å². The predicted molar refractivity (Wildman–Crippen MR) is 263 cm³/mol. The van der Waals surface area contributed by atoms with Crippen LogP contribution in [0.1, 0.15) is 108 Å². The highest BCUT2D eigenvalue weighted by Gasteiger charge is 2.48. The molecule has 0 heterocycles. The van der Waals surface area contributed by atoms with Crippen molar-refractivity contribution in [2.24, 2.45) is 5.73 Å². The van der Waals surface area contributed by atoms with Crippen LogP contribution in [0.25, 0.3) is 0 Å². The second-order valence-corrected chi connectivity index (χ2v) is 17.1. The Bertz CT molecular complexity index is 1920. The summed E-state index contributed by atoms with van der Waals surface area (Å²) < 4.78 is 51.8. The fourth-order valence-electron chi connectivity index (χ4n) is 7.03. The number of carbonyl (C=O) groups is 14. The van der Waals surface area contributed by atoms with Crippen LogP contribution in [0, 0.1) is 0 Å². The molecule has 0 aromatic carbocycles. The number of nitrogens with one attached hydrogen (secondary N) is 4. The Kier molecular flexibility index (Phi) is 35.2. The third kappa shape index (κ3) is 32.8. The van der Waals surface area contributed by atoms with Crippen molar-refractivity contribution in [3.8, 4) is 0 Å². The van der Waals surface area contributed by atoms with Crippen LogP contribution in [0.3, 0.4) is 0 Å². The lowest BCUT2D eigenvalue weighted by atomic mass is 10.0. The first kappa shape index (κ1) is 70.5. The Labute approximate surface area is 451 Å². The first-order valence-corrected chi connectivity index (χ1v) is 24.7. The van der Waals surface area contributed by atoms with Crippen LogP contribution in [0.5, 0.6) is 0 Å². The summed E-state index contributed by atoms with van der Waals surface area (Å²) in [6.45, 7) is 8.65. The SMILES string of the molecule is CC(=O)OC[C@H](OC(C)=O)[C@@H](OC(C)=O)[C@@H](OC(C)=O)[C@@H](OC(C)=O)C(=O)NCCNC(=O)CCN(CCCCCCN)CCC(=O)NCCNC(=O)[C@H](OC(C)=O)[C@H](OC(C)=O)[C@H](OC(C)=O)[C@H](COC(C)=O)OC(C)=O. The summed E-state index contributed by atoms with van der Waals surface area (Å²) in [5.41, 5.74) is 5.63. The van der Waals surface area contributed by atoms with Crippen LogP contribution in [-0.2, 0) is 114 Å². The summed E-state index contributed by atoms with van der Waals surface area (Å²) in [5.74, 6) is -12.9. The second-order valence-electron chi connectivity index (χ2n) is 17.1. The van der Waals surface area contributed by atoms with E-state index in [0.29, 0.717) is 19.5 Å². The third-order valence-corrected chi connectivity index (χ3v) is 10.1. The molecule has 0 aliphatic rings. The van der Waals surface area contributed by atoms with E-state index in [1.165, 1.54) is 0 Å². The maximum Gasteiger partial charge on any atom is 0.303 e. The van der Waals surface area contributed by atoms with Crippen molar-refractivity contribution in [2.45, 2.75) is 157 Å². The molecular formula is C48H76N6O24. The van der Waals surface area contributed by atoms with E-state index >= 15 is 0 Å². The highest BCUT2D eigenvalue weighted by molar-refractivity contribution is 5.86. The zero-order valence-electron chi connectivity index (χ0n) is 45.8. The first-order chi connectivity index (χ1) is 36.6. The molecule has 0 spiro atoms. The summed E-state index contributed by atoms with van der Waals surface area (Å²) in [7, 11) is 0. The lowest BCUT2D eigenvalue weighted by molar-refractivity contribution is -0.203. The van der Waals surface area contributed by atoms with Gasteiger partial charge in [-0.25, -0.2) is 0 Å². The number of hydrogen-bond acceptors (Lipinski definition) is 26. The molecule has 0 saturated carbocycles. The van der Waals surface area contributed by atoms with Gasteiger partial charge in [-0.05, 0) is 25.9 Å². The highest BCUT2D eigenvalue weighted by atomic mass is 16.7. The smallest absolute Gasteiger partial charge is 0.303 e. The zero-order chi connectivity index (χ0) is 59.5. The number of nitrogens with zero attached hydrogens (tertiary/aromatic N) is 1. The van der Waals surface area contributed by atoms with Gasteiger partial charge in [0.2, 0.25) is 24.0 Å². The Hall–Kier alpha value is -7.50. The largest absolute Gasteiger partial charge is 0.462 e. The number of rotatable bonds is 38. The molecule has 0 aliphatic heterocycles. The third-order valence-electron chi connectivity index (χ3n) is 10.1. The van der Waals surface area contributed by atoms with Gasteiger partial charge in [0.1, 0.15) is 13.2 Å². The van der Waals surface area contributed by atoms with Crippen molar-refractivity contribution in [3.63, 3.8) is 0 Å². The fraction of sp³-hybridized carbons (Fsp3) is 0.708. The Morgan fingerprint density at radius 1 is 0.359 bits per heavy atom. The zero-order valence-corrected chi connectivity index (χ0v) is 45.8.